The molecule has 2 saturated heterocycles. The van der Waals surface area contributed by atoms with Crippen LogP contribution >= 0.6 is 0 Å². The maximum Gasteiger partial charge on any atom is 0.230 e. The normalized spacial score (nSPS) is 19.9. The Morgan fingerprint density at radius 2 is 1.89 bits per heavy atom. The number of aryl methyl sites for hydroxylation is 1. The van der Waals surface area contributed by atoms with E-state index in [0.29, 0.717) is 31.3 Å². The first kappa shape index (κ1) is 18.9. The zero-order valence-electron chi connectivity index (χ0n) is 16.5. The molecule has 4 rings (SSSR count). The minimum atomic E-state index is 0.136. The van der Waals surface area contributed by atoms with Gasteiger partial charge >= 0.3 is 0 Å². The van der Waals surface area contributed by atoms with Crippen molar-refractivity contribution in [2.45, 2.75) is 39.2 Å². The summed E-state index contributed by atoms with van der Waals surface area (Å²) in [6.07, 6.45) is 7.74. The van der Waals surface area contributed by atoms with Gasteiger partial charge in [-0.1, -0.05) is 49.4 Å². The van der Waals surface area contributed by atoms with Crippen LogP contribution in [0.3, 0.4) is 0 Å². The van der Waals surface area contributed by atoms with Crippen LogP contribution in [0, 0.1) is 5.41 Å². The average molecular weight is 380 g/mol. The lowest BCUT2D eigenvalue weighted by Gasteiger charge is -2.38. The zero-order chi connectivity index (χ0) is 19.4. The molecule has 6 nitrogen and oxygen atoms in total. The fraction of sp³-hybridized carbons (Fsp3) is 0.500. The van der Waals surface area contributed by atoms with E-state index in [1.807, 2.05) is 30.0 Å². The molecule has 2 aliphatic rings. The summed E-state index contributed by atoms with van der Waals surface area (Å²) in [6.45, 7) is 6.25. The topological polar surface area (TPSA) is 62.5 Å². The number of hydrogen-bond acceptors (Lipinski definition) is 5. The molecule has 2 aromatic rings. The number of nitrogens with zero attached hydrogens (tertiary/aromatic N) is 4. The number of likely N-dealkylation sites (tertiary alicyclic amines) is 2. The van der Waals surface area contributed by atoms with Gasteiger partial charge in [-0.25, -0.2) is 0 Å². The van der Waals surface area contributed by atoms with E-state index in [1.165, 1.54) is 5.56 Å². The van der Waals surface area contributed by atoms with Gasteiger partial charge in [0.15, 0.2) is 0 Å². The van der Waals surface area contributed by atoms with Crippen LogP contribution in [0.25, 0.3) is 6.08 Å². The summed E-state index contributed by atoms with van der Waals surface area (Å²) in [5.41, 5.74) is 1.31. The van der Waals surface area contributed by atoms with Gasteiger partial charge in [0, 0.05) is 25.9 Å². The van der Waals surface area contributed by atoms with Gasteiger partial charge in [0.1, 0.15) is 0 Å². The molecule has 28 heavy (non-hydrogen) atoms. The van der Waals surface area contributed by atoms with Crippen molar-refractivity contribution in [2.24, 2.45) is 5.41 Å². The third kappa shape index (κ3) is 4.33. The Morgan fingerprint density at radius 1 is 1.14 bits per heavy atom. The van der Waals surface area contributed by atoms with Crippen molar-refractivity contribution in [3.63, 3.8) is 0 Å². The third-order valence-corrected chi connectivity index (χ3v) is 5.93. The number of hydrogen-bond donors (Lipinski definition) is 0. The fourth-order valence-corrected chi connectivity index (χ4v) is 4.23. The maximum atomic E-state index is 12.5. The predicted octanol–water partition coefficient (Wildman–Crippen LogP) is 3.16. The summed E-state index contributed by atoms with van der Waals surface area (Å²) in [4.78, 5) is 16.9. The zero-order valence-corrected chi connectivity index (χ0v) is 16.5. The number of rotatable bonds is 6. The fourth-order valence-electron chi connectivity index (χ4n) is 4.23. The minimum Gasteiger partial charge on any atom is -0.424 e. The summed E-state index contributed by atoms with van der Waals surface area (Å²) in [5, 5.41) is 8.16. The summed E-state index contributed by atoms with van der Waals surface area (Å²) in [7, 11) is 0. The van der Waals surface area contributed by atoms with Crippen LogP contribution in [0.4, 0.5) is 0 Å². The molecule has 0 radical (unpaired) electrons. The van der Waals surface area contributed by atoms with Crippen molar-refractivity contribution in [3.05, 3.63) is 53.8 Å². The second-order valence-corrected chi connectivity index (χ2v) is 7.98. The van der Waals surface area contributed by atoms with Gasteiger partial charge in [-0.3, -0.25) is 9.69 Å². The molecular weight excluding hydrogens is 352 g/mol. The predicted molar refractivity (Wildman–Crippen MR) is 107 cm³/mol. The molecule has 0 N–H and O–H groups in total. The SMILES string of the molecule is CCc1nnc(CN2CCC3(CC2)CC(=O)N(C/C=C/c2ccccc2)C3)o1. The first-order valence-corrected chi connectivity index (χ1v) is 10.2. The van der Waals surface area contributed by atoms with Gasteiger partial charge in [0.2, 0.25) is 17.7 Å². The number of aromatic nitrogens is 2. The lowest BCUT2D eigenvalue weighted by atomic mass is 9.77. The van der Waals surface area contributed by atoms with Gasteiger partial charge < -0.3 is 9.32 Å². The minimum absolute atomic E-state index is 0.136. The third-order valence-electron chi connectivity index (χ3n) is 5.93. The highest BCUT2D eigenvalue weighted by atomic mass is 16.4. The molecule has 148 valence electrons. The quantitative estimate of drug-likeness (QED) is 0.770. The lowest BCUT2D eigenvalue weighted by molar-refractivity contribution is -0.127. The summed E-state index contributed by atoms with van der Waals surface area (Å²) < 4.78 is 5.63. The summed E-state index contributed by atoms with van der Waals surface area (Å²) >= 11 is 0. The molecule has 1 aromatic carbocycles. The highest BCUT2D eigenvalue weighted by molar-refractivity contribution is 5.79. The molecular formula is C22H28N4O2. The van der Waals surface area contributed by atoms with Crippen molar-refractivity contribution in [2.75, 3.05) is 26.2 Å². The van der Waals surface area contributed by atoms with Crippen molar-refractivity contribution in [1.29, 1.82) is 0 Å². The highest BCUT2D eigenvalue weighted by Gasteiger charge is 2.44. The molecule has 2 fully saturated rings. The van der Waals surface area contributed by atoms with Gasteiger partial charge in [-0.05, 0) is 36.9 Å². The molecule has 6 heteroatoms. The van der Waals surface area contributed by atoms with Crippen LogP contribution in [0.15, 0.2) is 40.8 Å². The lowest BCUT2D eigenvalue weighted by Crippen LogP contribution is -2.41. The highest BCUT2D eigenvalue weighted by Crippen LogP contribution is 2.41. The number of piperidine rings is 1. The van der Waals surface area contributed by atoms with Crippen molar-refractivity contribution in [3.8, 4) is 0 Å². The molecule has 1 spiro atoms. The molecule has 2 aliphatic heterocycles. The molecule has 0 unspecified atom stereocenters. The number of carbonyl (C=O) groups excluding carboxylic acids is 1. The number of carbonyl (C=O) groups is 1. The van der Waals surface area contributed by atoms with Crippen molar-refractivity contribution < 1.29 is 9.21 Å². The monoisotopic (exact) mass is 380 g/mol. The van der Waals surface area contributed by atoms with E-state index < -0.39 is 0 Å². The van der Waals surface area contributed by atoms with Gasteiger partial charge in [-0.2, -0.15) is 0 Å². The van der Waals surface area contributed by atoms with Crippen LogP contribution in [-0.2, 0) is 17.8 Å². The second-order valence-electron chi connectivity index (χ2n) is 7.98. The van der Waals surface area contributed by atoms with E-state index in [0.717, 1.165) is 38.9 Å². The van der Waals surface area contributed by atoms with E-state index in [4.69, 9.17) is 4.42 Å². The van der Waals surface area contributed by atoms with E-state index in [-0.39, 0.29) is 11.3 Å². The Labute approximate surface area is 166 Å². The molecule has 3 heterocycles. The average Bonchev–Trinajstić information content (AvgIpc) is 3.29. The first-order valence-electron chi connectivity index (χ1n) is 10.2. The molecule has 0 aliphatic carbocycles. The van der Waals surface area contributed by atoms with Crippen molar-refractivity contribution >= 4 is 12.0 Å². The smallest absolute Gasteiger partial charge is 0.230 e. The van der Waals surface area contributed by atoms with E-state index in [2.05, 4.69) is 39.4 Å². The van der Waals surface area contributed by atoms with Gasteiger partial charge in [0.25, 0.3) is 0 Å². The Bertz CT molecular complexity index is 822. The largest absolute Gasteiger partial charge is 0.424 e. The Morgan fingerprint density at radius 3 is 2.61 bits per heavy atom. The van der Waals surface area contributed by atoms with Gasteiger partial charge in [-0.15, -0.1) is 10.2 Å². The molecule has 1 amide bonds. The molecule has 1 aromatic heterocycles. The Balaban J connectivity index is 1.28. The number of amides is 1. The second kappa shape index (κ2) is 8.27. The molecule has 0 saturated carbocycles. The summed E-state index contributed by atoms with van der Waals surface area (Å²) in [6, 6.07) is 10.2. The maximum absolute atomic E-state index is 12.5. The number of benzene rings is 1. The standard InChI is InChI=1S/C22H28N4O2/c1-2-19-23-24-20(28-19)16-25-13-10-22(11-14-25)15-21(27)26(17-22)12-6-9-18-7-4-3-5-8-18/h3-9H,2,10-17H2,1H3/b9-6+. The van der Waals surface area contributed by atoms with Gasteiger partial charge in [0.05, 0.1) is 6.54 Å². The Hall–Kier alpha value is -2.47. The molecule has 0 atom stereocenters. The Kier molecular flexibility index (Phi) is 5.57. The van der Waals surface area contributed by atoms with E-state index >= 15 is 0 Å². The van der Waals surface area contributed by atoms with Crippen LogP contribution in [0.2, 0.25) is 0 Å². The van der Waals surface area contributed by atoms with Crippen LogP contribution in [-0.4, -0.2) is 52.1 Å². The molecule has 0 bridgehead atoms. The van der Waals surface area contributed by atoms with Crippen LogP contribution in [0.1, 0.15) is 43.5 Å². The van der Waals surface area contributed by atoms with E-state index in [1.54, 1.807) is 0 Å². The first-order chi connectivity index (χ1) is 13.7. The van der Waals surface area contributed by atoms with E-state index in [9.17, 15) is 4.79 Å². The van der Waals surface area contributed by atoms with Crippen molar-refractivity contribution in [1.82, 2.24) is 20.0 Å². The summed E-state index contributed by atoms with van der Waals surface area (Å²) in [5.74, 6) is 1.68. The van der Waals surface area contributed by atoms with Crippen LogP contribution < -0.4 is 0 Å². The van der Waals surface area contributed by atoms with Crippen LogP contribution in [0.5, 0.6) is 0 Å².